The van der Waals surface area contributed by atoms with E-state index in [1.807, 2.05) is 0 Å². The third kappa shape index (κ3) is 2.91. The lowest BCUT2D eigenvalue weighted by molar-refractivity contribution is -0.119. The van der Waals surface area contributed by atoms with Crippen LogP contribution in [0.15, 0.2) is 24.3 Å². The first-order valence-corrected chi connectivity index (χ1v) is 5.73. The zero-order valence-corrected chi connectivity index (χ0v) is 9.87. The number of phenolic OH excluding ortho intramolecular Hbond substituents is 1. The first-order valence-electron chi connectivity index (χ1n) is 5.73. The Bertz CT molecular complexity index is 442. The highest BCUT2D eigenvalue weighted by Gasteiger charge is 2.19. The second-order valence-electron chi connectivity index (χ2n) is 4.11. The van der Waals surface area contributed by atoms with Gasteiger partial charge < -0.3 is 20.2 Å². The van der Waals surface area contributed by atoms with E-state index in [0.717, 1.165) is 6.41 Å². The number of nitrogens with zero attached hydrogens (tertiary/aromatic N) is 2. The molecule has 1 aromatic carbocycles. The number of piperazine rings is 1. The van der Waals surface area contributed by atoms with E-state index in [-0.39, 0.29) is 11.8 Å². The molecule has 0 unspecified atom stereocenters. The topological polar surface area (TPSA) is 72.9 Å². The van der Waals surface area contributed by atoms with E-state index >= 15 is 0 Å². The largest absolute Gasteiger partial charge is 0.508 e. The molecule has 3 amide bonds. The van der Waals surface area contributed by atoms with Gasteiger partial charge >= 0.3 is 6.03 Å². The first-order chi connectivity index (χ1) is 8.69. The highest BCUT2D eigenvalue weighted by Crippen LogP contribution is 2.16. The summed E-state index contributed by atoms with van der Waals surface area (Å²) in [5.41, 5.74) is 0.554. The molecule has 6 heteroatoms. The molecular formula is C12H15N3O3. The van der Waals surface area contributed by atoms with Gasteiger partial charge in [-0.1, -0.05) is 6.07 Å². The van der Waals surface area contributed by atoms with Crippen LogP contribution < -0.4 is 5.32 Å². The van der Waals surface area contributed by atoms with Gasteiger partial charge in [-0.2, -0.15) is 0 Å². The SMILES string of the molecule is O=CN1CCN(C(=O)Nc2cccc(O)c2)CC1. The molecule has 1 aliphatic rings. The third-order valence-electron chi connectivity index (χ3n) is 2.85. The van der Waals surface area contributed by atoms with E-state index in [0.29, 0.717) is 31.9 Å². The standard InChI is InChI=1S/C12H15N3O3/c16-9-14-4-6-15(7-5-14)12(18)13-10-2-1-3-11(17)8-10/h1-3,8-9,17H,4-7H2,(H,13,18). The molecule has 96 valence electrons. The molecule has 6 nitrogen and oxygen atoms in total. The molecule has 1 aromatic rings. The lowest BCUT2D eigenvalue weighted by Gasteiger charge is -2.32. The summed E-state index contributed by atoms with van der Waals surface area (Å²) in [6.07, 6.45) is 0.796. The molecule has 1 heterocycles. The van der Waals surface area contributed by atoms with Crippen molar-refractivity contribution in [2.24, 2.45) is 0 Å². The molecule has 2 N–H and O–H groups in total. The van der Waals surface area contributed by atoms with Crippen LogP contribution in [0.1, 0.15) is 0 Å². The number of carbonyl (C=O) groups is 2. The van der Waals surface area contributed by atoms with E-state index in [2.05, 4.69) is 5.32 Å². The third-order valence-corrected chi connectivity index (χ3v) is 2.85. The number of hydrogen-bond donors (Lipinski definition) is 2. The predicted octanol–water partition coefficient (Wildman–Crippen LogP) is 0.698. The summed E-state index contributed by atoms with van der Waals surface area (Å²) in [5, 5.41) is 12.0. The van der Waals surface area contributed by atoms with E-state index in [9.17, 15) is 14.7 Å². The quantitative estimate of drug-likeness (QED) is 0.758. The Balaban J connectivity index is 1.91. The van der Waals surface area contributed by atoms with E-state index < -0.39 is 0 Å². The van der Waals surface area contributed by atoms with Crippen molar-refractivity contribution in [3.63, 3.8) is 0 Å². The van der Waals surface area contributed by atoms with Gasteiger partial charge in [-0.3, -0.25) is 4.79 Å². The number of carbonyl (C=O) groups excluding carboxylic acids is 2. The van der Waals surface area contributed by atoms with E-state index in [4.69, 9.17) is 0 Å². The van der Waals surface area contributed by atoms with Crippen molar-refractivity contribution in [3.05, 3.63) is 24.3 Å². The van der Waals surface area contributed by atoms with Gasteiger partial charge in [0.15, 0.2) is 0 Å². The summed E-state index contributed by atoms with van der Waals surface area (Å²) in [6.45, 7) is 2.14. The molecule has 0 aliphatic carbocycles. The summed E-state index contributed by atoms with van der Waals surface area (Å²) >= 11 is 0. The second kappa shape index (κ2) is 5.39. The maximum Gasteiger partial charge on any atom is 0.321 e. The van der Waals surface area contributed by atoms with Crippen molar-refractivity contribution in [2.45, 2.75) is 0 Å². The average molecular weight is 249 g/mol. The van der Waals surface area contributed by atoms with Crippen LogP contribution in [0.2, 0.25) is 0 Å². The number of nitrogens with one attached hydrogen (secondary N) is 1. The smallest absolute Gasteiger partial charge is 0.321 e. The number of phenols is 1. The molecule has 1 aliphatic heterocycles. The Morgan fingerprint density at radius 1 is 1.28 bits per heavy atom. The molecule has 18 heavy (non-hydrogen) atoms. The Morgan fingerprint density at radius 3 is 2.61 bits per heavy atom. The van der Waals surface area contributed by atoms with Gasteiger partial charge in [0.2, 0.25) is 6.41 Å². The van der Waals surface area contributed by atoms with Gasteiger partial charge in [0.25, 0.3) is 0 Å². The Kier molecular flexibility index (Phi) is 3.66. The van der Waals surface area contributed by atoms with Gasteiger partial charge in [0.05, 0.1) is 0 Å². The summed E-state index contributed by atoms with van der Waals surface area (Å²) in [5.74, 6) is 0.110. The zero-order valence-electron chi connectivity index (χ0n) is 9.87. The van der Waals surface area contributed by atoms with E-state index in [1.165, 1.54) is 6.07 Å². The Hall–Kier alpha value is -2.24. The summed E-state index contributed by atoms with van der Waals surface area (Å²) in [6, 6.07) is 6.18. The predicted molar refractivity (Wildman–Crippen MR) is 66.3 cm³/mol. The fourth-order valence-electron chi connectivity index (χ4n) is 1.82. The normalized spacial score (nSPS) is 15.3. The van der Waals surface area contributed by atoms with Gasteiger partial charge in [-0.25, -0.2) is 4.79 Å². The minimum atomic E-state index is -0.217. The van der Waals surface area contributed by atoms with Crippen LogP contribution in [-0.2, 0) is 4.79 Å². The fraction of sp³-hybridized carbons (Fsp3) is 0.333. The van der Waals surface area contributed by atoms with Crippen LogP contribution in [0.4, 0.5) is 10.5 Å². The number of hydrogen-bond acceptors (Lipinski definition) is 3. The number of anilines is 1. The van der Waals surface area contributed by atoms with Crippen molar-refractivity contribution in [1.29, 1.82) is 0 Å². The van der Waals surface area contributed by atoms with Crippen molar-refractivity contribution in [3.8, 4) is 5.75 Å². The number of benzene rings is 1. The monoisotopic (exact) mass is 249 g/mol. The van der Waals surface area contributed by atoms with Crippen LogP contribution in [0.3, 0.4) is 0 Å². The molecule has 0 bridgehead atoms. The highest BCUT2D eigenvalue weighted by molar-refractivity contribution is 5.89. The fourth-order valence-corrected chi connectivity index (χ4v) is 1.82. The second-order valence-corrected chi connectivity index (χ2v) is 4.11. The Labute approximate surface area is 105 Å². The van der Waals surface area contributed by atoms with Gasteiger partial charge in [0, 0.05) is 37.9 Å². The molecule has 0 saturated carbocycles. The highest BCUT2D eigenvalue weighted by atomic mass is 16.3. The number of rotatable bonds is 2. The van der Waals surface area contributed by atoms with Crippen molar-refractivity contribution >= 4 is 18.1 Å². The lowest BCUT2D eigenvalue weighted by atomic mass is 10.3. The average Bonchev–Trinajstić information content (AvgIpc) is 2.39. The summed E-state index contributed by atoms with van der Waals surface area (Å²) in [7, 11) is 0. The molecule has 0 atom stereocenters. The van der Waals surface area contributed by atoms with Crippen LogP contribution in [0, 0.1) is 0 Å². The molecule has 0 aromatic heterocycles. The minimum absolute atomic E-state index is 0.110. The molecule has 0 spiro atoms. The maximum atomic E-state index is 11.9. The van der Waals surface area contributed by atoms with Crippen LogP contribution in [0.5, 0.6) is 5.75 Å². The number of amides is 3. The number of urea groups is 1. The summed E-state index contributed by atoms with van der Waals surface area (Å²) < 4.78 is 0. The van der Waals surface area contributed by atoms with Crippen molar-refractivity contribution in [1.82, 2.24) is 9.80 Å². The molecule has 0 radical (unpaired) electrons. The van der Waals surface area contributed by atoms with Crippen LogP contribution >= 0.6 is 0 Å². The minimum Gasteiger partial charge on any atom is -0.508 e. The lowest BCUT2D eigenvalue weighted by Crippen LogP contribution is -2.49. The van der Waals surface area contributed by atoms with E-state index in [1.54, 1.807) is 28.0 Å². The number of aromatic hydroxyl groups is 1. The molecule has 1 fully saturated rings. The Morgan fingerprint density at radius 2 is 2.00 bits per heavy atom. The van der Waals surface area contributed by atoms with Gasteiger partial charge in [0.1, 0.15) is 5.75 Å². The maximum absolute atomic E-state index is 11.9. The molecular weight excluding hydrogens is 234 g/mol. The zero-order chi connectivity index (χ0) is 13.0. The van der Waals surface area contributed by atoms with Gasteiger partial charge in [-0.15, -0.1) is 0 Å². The van der Waals surface area contributed by atoms with Gasteiger partial charge in [-0.05, 0) is 12.1 Å². The first kappa shape index (κ1) is 12.2. The molecule has 1 saturated heterocycles. The van der Waals surface area contributed by atoms with Crippen molar-refractivity contribution < 1.29 is 14.7 Å². The van der Waals surface area contributed by atoms with Crippen LogP contribution in [-0.4, -0.2) is 53.5 Å². The van der Waals surface area contributed by atoms with Crippen LogP contribution in [0.25, 0.3) is 0 Å². The van der Waals surface area contributed by atoms with Crippen molar-refractivity contribution in [2.75, 3.05) is 31.5 Å². The summed E-state index contributed by atoms with van der Waals surface area (Å²) in [4.78, 5) is 25.7. The molecule has 2 rings (SSSR count).